The Morgan fingerprint density at radius 3 is 2.53 bits per heavy atom. The molecule has 0 radical (unpaired) electrons. The highest BCUT2D eigenvalue weighted by Gasteiger charge is 2.20. The minimum absolute atomic E-state index is 0.116. The number of carboxylic acid groups (broad SMARTS) is 1. The third kappa shape index (κ3) is 4.57. The molecular weight excluding hydrogens is 216 g/mol. The number of rotatable bonds is 7. The van der Waals surface area contributed by atoms with Gasteiger partial charge in [0.05, 0.1) is 12.7 Å². The topological polar surface area (TPSA) is 46.5 Å². The number of carboxylic acids is 1. The van der Waals surface area contributed by atoms with Crippen molar-refractivity contribution in [3.63, 3.8) is 0 Å². The highest BCUT2D eigenvalue weighted by atomic mass is 16.5. The lowest BCUT2D eigenvalue weighted by molar-refractivity contribution is -0.140. The molecule has 3 heteroatoms. The maximum absolute atomic E-state index is 11.2. The van der Waals surface area contributed by atoms with Crippen molar-refractivity contribution >= 4 is 5.97 Å². The van der Waals surface area contributed by atoms with E-state index >= 15 is 0 Å². The second-order valence-corrected chi connectivity index (χ2v) is 4.23. The average Bonchev–Trinajstić information content (AvgIpc) is 2.30. The van der Waals surface area contributed by atoms with Crippen molar-refractivity contribution in [1.29, 1.82) is 0 Å². The number of aliphatic carboxylic acids is 1. The van der Waals surface area contributed by atoms with Gasteiger partial charge >= 0.3 is 5.97 Å². The predicted octanol–water partition coefficient (Wildman–Crippen LogP) is 3.06. The summed E-state index contributed by atoms with van der Waals surface area (Å²) in [6, 6.07) is 9.23. The zero-order chi connectivity index (χ0) is 12.7. The van der Waals surface area contributed by atoms with Crippen molar-refractivity contribution in [2.45, 2.75) is 38.7 Å². The van der Waals surface area contributed by atoms with Gasteiger partial charge in [-0.25, -0.2) is 0 Å². The Morgan fingerprint density at radius 1 is 1.35 bits per heavy atom. The van der Waals surface area contributed by atoms with Crippen LogP contribution in [0.3, 0.4) is 0 Å². The molecular formula is C14H20O3. The fourth-order valence-electron chi connectivity index (χ4n) is 1.75. The number of hydrogen-bond donors (Lipinski definition) is 1. The Bertz CT molecular complexity index is 335. The highest BCUT2D eigenvalue weighted by Crippen LogP contribution is 2.17. The minimum atomic E-state index is -0.833. The van der Waals surface area contributed by atoms with Crippen molar-refractivity contribution < 1.29 is 14.6 Å². The lowest BCUT2D eigenvalue weighted by atomic mass is 10.0. The Morgan fingerprint density at radius 2 is 2.00 bits per heavy atom. The molecule has 1 aromatic rings. The van der Waals surface area contributed by atoms with Crippen LogP contribution < -0.4 is 0 Å². The zero-order valence-corrected chi connectivity index (χ0v) is 10.4. The quantitative estimate of drug-likeness (QED) is 0.791. The fraction of sp³-hybridized carbons (Fsp3) is 0.500. The molecule has 1 N–H and O–H groups in total. The first-order valence-corrected chi connectivity index (χ1v) is 6.04. The van der Waals surface area contributed by atoms with Crippen molar-refractivity contribution in [1.82, 2.24) is 0 Å². The van der Waals surface area contributed by atoms with E-state index in [4.69, 9.17) is 4.74 Å². The van der Waals surface area contributed by atoms with Crippen LogP contribution in [0.1, 0.15) is 38.2 Å². The molecule has 2 unspecified atom stereocenters. The number of ether oxygens (including phenoxy) is 1. The number of hydrogen-bond acceptors (Lipinski definition) is 2. The SMILES string of the molecule is CCCC(C)OCC(C(=O)O)c1ccccc1. The summed E-state index contributed by atoms with van der Waals surface area (Å²) in [6.07, 6.45) is 2.12. The summed E-state index contributed by atoms with van der Waals surface area (Å²) >= 11 is 0. The van der Waals surface area contributed by atoms with E-state index in [9.17, 15) is 9.90 Å². The average molecular weight is 236 g/mol. The molecule has 0 aliphatic rings. The van der Waals surface area contributed by atoms with Gasteiger partial charge < -0.3 is 9.84 Å². The first-order chi connectivity index (χ1) is 8.15. The van der Waals surface area contributed by atoms with Gasteiger partial charge in [0, 0.05) is 0 Å². The molecule has 17 heavy (non-hydrogen) atoms. The van der Waals surface area contributed by atoms with Gasteiger partial charge in [-0.2, -0.15) is 0 Å². The molecule has 0 aliphatic carbocycles. The molecule has 0 amide bonds. The Hall–Kier alpha value is -1.35. The van der Waals surface area contributed by atoms with E-state index in [1.807, 2.05) is 37.3 Å². The molecule has 3 nitrogen and oxygen atoms in total. The standard InChI is InChI=1S/C14H20O3/c1-3-7-11(2)17-10-13(14(15)16)12-8-5-4-6-9-12/h4-6,8-9,11,13H,3,7,10H2,1-2H3,(H,15,16). The summed E-state index contributed by atoms with van der Waals surface area (Å²) in [6.45, 7) is 4.31. The third-order valence-electron chi connectivity index (χ3n) is 2.74. The van der Waals surface area contributed by atoms with Crippen LogP contribution in [0.4, 0.5) is 0 Å². The van der Waals surface area contributed by atoms with Crippen LogP contribution in [0, 0.1) is 0 Å². The second-order valence-electron chi connectivity index (χ2n) is 4.23. The van der Waals surface area contributed by atoms with E-state index < -0.39 is 11.9 Å². The largest absolute Gasteiger partial charge is 0.481 e. The van der Waals surface area contributed by atoms with Gasteiger partial charge in [0.2, 0.25) is 0 Å². The Kier molecular flexibility index (Phi) is 5.70. The van der Waals surface area contributed by atoms with Crippen molar-refractivity contribution in [2.75, 3.05) is 6.61 Å². The van der Waals surface area contributed by atoms with E-state index in [0.717, 1.165) is 18.4 Å². The predicted molar refractivity (Wildman–Crippen MR) is 67.1 cm³/mol. The van der Waals surface area contributed by atoms with Crippen molar-refractivity contribution in [3.05, 3.63) is 35.9 Å². The summed E-state index contributed by atoms with van der Waals surface area (Å²) < 4.78 is 5.58. The molecule has 1 aromatic carbocycles. The summed E-state index contributed by atoms with van der Waals surface area (Å²) in [5.41, 5.74) is 0.795. The molecule has 0 heterocycles. The monoisotopic (exact) mass is 236 g/mol. The molecule has 0 aliphatic heterocycles. The van der Waals surface area contributed by atoms with Crippen LogP contribution in [0.25, 0.3) is 0 Å². The molecule has 94 valence electrons. The van der Waals surface area contributed by atoms with E-state index in [1.165, 1.54) is 0 Å². The highest BCUT2D eigenvalue weighted by molar-refractivity contribution is 5.76. The van der Waals surface area contributed by atoms with Crippen LogP contribution in [0.15, 0.2) is 30.3 Å². The first-order valence-electron chi connectivity index (χ1n) is 6.04. The van der Waals surface area contributed by atoms with E-state index in [0.29, 0.717) is 0 Å². The van der Waals surface area contributed by atoms with Crippen LogP contribution in [-0.2, 0) is 9.53 Å². The molecule has 0 saturated carbocycles. The molecule has 1 rings (SSSR count). The van der Waals surface area contributed by atoms with Gasteiger partial charge in [-0.3, -0.25) is 4.79 Å². The van der Waals surface area contributed by atoms with Crippen LogP contribution in [0.2, 0.25) is 0 Å². The molecule has 0 fully saturated rings. The molecule has 0 spiro atoms. The summed E-state index contributed by atoms with van der Waals surface area (Å²) in [4.78, 5) is 11.2. The summed E-state index contributed by atoms with van der Waals surface area (Å²) in [5, 5.41) is 9.19. The van der Waals surface area contributed by atoms with Crippen LogP contribution in [-0.4, -0.2) is 23.8 Å². The van der Waals surface area contributed by atoms with Gasteiger partial charge in [0.15, 0.2) is 0 Å². The van der Waals surface area contributed by atoms with Crippen LogP contribution >= 0.6 is 0 Å². The normalized spacial score (nSPS) is 14.2. The lowest BCUT2D eigenvalue weighted by Gasteiger charge is -2.17. The Balaban J connectivity index is 2.59. The van der Waals surface area contributed by atoms with Gasteiger partial charge in [-0.05, 0) is 18.9 Å². The van der Waals surface area contributed by atoms with E-state index in [1.54, 1.807) is 0 Å². The fourth-order valence-corrected chi connectivity index (χ4v) is 1.75. The van der Waals surface area contributed by atoms with E-state index in [2.05, 4.69) is 6.92 Å². The van der Waals surface area contributed by atoms with Crippen LogP contribution in [0.5, 0.6) is 0 Å². The molecule has 2 atom stereocenters. The van der Waals surface area contributed by atoms with E-state index in [-0.39, 0.29) is 12.7 Å². The maximum Gasteiger partial charge on any atom is 0.313 e. The van der Waals surface area contributed by atoms with Gasteiger partial charge in [0.25, 0.3) is 0 Å². The lowest BCUT2D eigenvalue weighted by Crippen LogP contribution is -2.21. The van der Waals surface area contributed by atoms with Gasteiger partial charge in [-0.15, -0.1) is 0 Å². The number of benzene rings is 1. The molecule has 0 aromatic heterocycles. The molecule has 0 bridgehead atoms. The zero-order valence-electron chi connectivity index (χ0n) is 10.4. The first kappa shape index (κ1) is 13.7. The summed E-state index contributed by atoms with van der Waals surface area (Å²) in [7, 11) is 0. The third-order valence-corrected chi connectivity index (χ3v) is 2.74. The van der Waals surface area contributed by atoms with Crippen molar-refractivity contribution in [3.8, 4) is 0 Å². The summed E-state index contributed by atoms with van der Waals surface area (Å²) in [5.74, 6) is -1.41. The maximum atomic E-state index is 11.2. The van der Waals surface area contributed by atoms with Gasteiger partial charge in [0.1, 0.15) is 5.92 Å². The Labute approximate surface area is 102 Å². The minimum Gasteiger partial charge on any atom is -0.481 e. The smallest absolute Gasteiger partial charge is 0.313 e. The molecule has 0 saturated heterocycles. The number of carbonyl (C=O) groups is 1. The second kappa shape index (κ2) is 7.07. The van der Waals surface area contributed by atoms with Crippen molar-refractivity contribution in [2.24, 2.45) is 0 Å². The van der Waals surface area contributed by atoms with Gasteiger partial charge in [-0.1, -0.05) is 43.7 Å².